The average molecular weight is 285 g/mol. The number of nitrogens with one attached hydrogen (secondary N) is 1. The third-order valence-electron chi connectivity index (χ3n) is 3.46. The zero-order chi connectivity index (χ0) is 13.0. The maximum Gasteiger partial charge on any atom is 0.255 e. The van der Waals surface area contributed by atoms with Crippen molar-refractivity contribution in [3.8, 4) is 5.75 Å². The lowest BCUT2D eigenvalue weighted by atomic mass is 9.91. The van der Waals surface area contributed by atoms with E-state index >= 15 is 0 Å². The lowest BCUT2D eigenvalue weighted by molar-refractivity contribution is 0.0923. The monoisotopic (exact) mass is 284 g/mol. The van der Waals surface area contributed by atoms with Crippen LogP contribution in [-0.2, 0) is 0 Å². The van der Waals surface area contributed by atoms with Crippen LogP contribution in [0.25, 0.3) is 0 Å². The molecule has 19 heavy (non-hydrogen) atoms. The molecule has 0 radical (unpaired) electrons. The second-order valence-electron chi connectivity index (χ2n) is 4.79. The molecule has 1 saturated carbocycles. The Labute approximate surface area is 120 Å². The molecular formula is C14H21ClN2O2. The summed E-state index contributed by atoms with van der Waals surface area (Å²) in [5.74, 6) is 0.551. The first-order valence-corrected chi connectivity index (χ1v) is 6.40. The maximum atomic E-state index is 12.2. The van der Waals surface area contributed by atoms with Crippen LogP contribution in [0.1, 0.15) is 36.0 Å². The summed E-state index contributed by atoms with van der Waals surface area (Å²) in [5, 5.41) is 3.06. The highest BCUT2D eigenvalue weighted by Gasteiger charge is 2.21. The normalized spacial score (nSPS) is 22.2. The Morgan fingerprint density at radius 3 is 2.53 bits per heavy atom. The Morgan fingerprint density at radius 1 is 1.26 bits per heavy atom. The number of rotatable bonds is 3. The van der Waals surface area contributed by atoms with Gasteiger partial charge in [-0.3, -0.25) is 4.79 Å². The van der Waals surface area contributed by atoms with Crippen LogP contribution in [0.2, 0.25) is 0 Å². The SMILES string of the molecule is COc1ccccc1C(=O)NC1CCC(N)CC1.Cl. The van der Waals surface area contributed by atoms with Gasteiger partial charge >= 0.3 is 0 Å². The summed E-state index contributed by atoms with van der Waals surface area (Å²) in [6, 6.07) is 7.81. The predicted octanol–water partition coefficient (Wildman–Crippen LogP) is 2.12. The van der Waals surface area contributed by atoms with Crippen molar-refractivity contribution in [2.45, 2.75) is 37.8 Å². The standard InChI is InChI=1S/C14H20N2O2.ClH/c1-18-13-5-3-2-4-12(13)14(17)16-11-8-6-10(15)7-9-11;/h2-5,10-11H,6-9,15H2,1H3,(H,16,17);1H. The van der Waals surface area contributed by atoms with Crippen molar-refractivity contribution in [3.05, 3.63) is 29.8 Å². The van der Waals surface area contributed by atoms with Gasteiger partial charge in [0.1, 0.15) is 5.75 Å². The van der Waals surface area contributed by atoms with Gasteiger partial charge in [0.25, 0.3) is 5.91 Å². The fraction of sp³-hybridized carbons (Fsp3) is 0.500. The molecule has 1 aromatic carbocycles. The van der Waals surface area contributed by atoms with Crippen LogP contribution in [-0.4, -0.2) is 25.1 Å². The first-order chi connectivity index (χ1) is 8.70. The van der Waals surface area contributed by atoms with E-state index in [-0.39, 0.29) is 24.4 Å². The van der Waals surface area contributed by atoms with E-state index in [0.717, 1.165) is 25.7 Å². The van der Waals surface area contributed by atoms with Gasteiger partial charge in [-0.1, -0.05) is 12.1 Å². The number of amides is 1. The van der Waals surface area contributed by atoms with E-state index in [1.807, 2.05) is 12.1 Å². The Morgan fingerprint density at radius 2 is 1.89 bits per heavy atom. The number of carbonyl (C=O) groups excluding carboxylic acids is 1. The van der Waals surface area contributed by atoms with Gasteiger partial charge in [-0.2, -0.15) is 0 Å². The Kier molecular flexibility index (Phi) is 6.12. The lowest BCUT2D eigenvalue weighted by Crippen LogP contribution is -2.40. The number of carbonyl (C=O) groups is 1. The largest absolute Gasteiger partial charge is 0.496 e. The molecule has 0 unspecified atom stereocenters. The number of hydrogen-bond acceptors (Lipinski definition) is 3. The number of methoxy groups -OCH3 is 1. The summed E-state index contributed by atoms with van der Waals surface area (Å²) in [6.45, 7) is 0. The molecule has 106 valence electrons. The quantitative estimate of drug-likeness (QED) is 0.893. The van der Waals surface area contributed by atoms with E-state index in [9.17, 15) is 4.79 Å². The molecule has 3 N–H and O–H groups in total. The van der Waals surface area contributed by atoms with Crippen molar-refractivity contribution >= 4 is 18.3 Å². The van der Waals surface area contributed by atoms with Gasteiger partial charge < -0.3 is 15.8 Å². The van der Waals surface area contributed by atoms with Crippen LogP contribution >= 0.6 is 12.4 Å². The maximum absolute atomic E-state index is 12.2. The van der Waals surface area contributed by atoms with Gasteiger partial charge in [0.05, 0.1) is 12.7 Å². The highest BCUT2D eigenvalue weighted by atomic mass is 35.5. The van der Waals surface area contributed by atoms with E-state index in [4.69, 9.17) is 10.5 Å². The molecule has 0 aliphatic heterocycles. The number of para-hydroxylation sites is 1. The highest BCUT2D eigenvalue weighted by molar-refractivity contribution is 5.97. The third kappa shape index (κ3) is 4.11. The van der Waals surface area contributed by atoms with Crippen LogP contribution in [0.3, 0.4) is 0 Å². The topological polar surface area (TPSA) is 64.3 Å². The molecular weight excluding hydrogens is 264 g/mol. The molecule has 0 heterocycles. The van der Waals surface area contributed by atoms with Crippen molar-refractivity contribution in [2.24, 2.45) is 5.73 Å². The first-order valence-electron chi connectivity index (χ1n) is 6.40. The summed E-state index contributed by atoms with van der Waals surface area (Å²) in [6.07, 6.45) is 3.89. The van der Waals surface area contributed by atoms with Crippen molar-refractivity contribution in [1.29, 1.82) is 0 Å². The van der Waals surface area contributed by atoms with Gasteiger partial charge in [0, 0.05) is 12.1 Å². The van der Waals surface area contributed by atoms with Gasteiger partial charge in [-0.05, 0) is 37.8 Å². The van der Waals surface area contributed by atoms with E-state index < -0.39 is 0 Å². The van der Waals surface area contributed by atoms with Gasteiger partial charge in [-0.15, -0.1) is 12.4 Å². The van der Waals surface area contributed by atoms with Crippen LogP contribution in [0.15, 0.2) is 24.3 Å². The smallest absolute Gasteiger partial charge is 0.255 e. The molecule has 1 aliphatic rings. The third-order valence-corrected chi connectivity index (χ3v) is 3.46. The fourth-order valence-electron chi connectivity index (χ4n) is 2.36. The molecule has 0 atom stereocenters. The summed E-state index contributed by atoms with van der Waals surface area (Å²) in [4.78, 5) is 12.2. The van der Waals surface area contributed by atoms with Gasteiger partial charge in [-0.25, -0.2) is 0 Å². The molecule has 2 rings (SSSR count). The lowest BCUT2D eigenvalue weighted by Gasteiger charge is -2.27. The molecule has 1 aliphatic carbocycles. The summed E-state index contributed by atoms with van der Waals surface area (Å²) in [5.41, 5.74) is 6.44. The summed E-state index contributed by atoms with van der Waals surface area (Å²) in [7, 11) is 1.58. The van der Waals surface area contributed by atoms with Crippen molar-refractivity contribution in [3.63, 3.8) is 0 Å². The summed E-state index contributed by atoms with van der Waals surface area (Å²) < 4.78 is 5.19. The molecule has 0 saturated heterocycles. The van der Waals surface area contributed by atoms with Crippen LogP contribution in [0, 0.1) is 0 Å². The molecule has 1 amide bonds. The zero-order valence-electron chi connectivity index (χ0n) is 11.1. The zero-order valence-corrected chi connectivity index (χ0v) is 11.9. The molecule has 0 spiro atoms. The highest BCUT2D eigenvalue weighted by Crippen LogP contribution is 2.20. The van der Waals surface area contributed by atoms with Crippen LogP contribution in [0.5, 0.6) is 5.75 Å². The molecule has 1 fully saturated rings. The Bertz CT molecular complexity index is 418. The fourth-order valence-corrected chi connectivity index (χ4v) is 2.36. The number of ether oxygens (including phenoxy) is 1. The van der Waals surface area contributed by atoms with Crippen molar-refractivity contribution in [1.82, 2.24) is 5.32 Å². The molecule has 4 nitrogen and oxygen atoms in total. The number of nitrogens with two attached hydrogens (primary N) is 1. The molecule has 5 heteroatoms. The number of hydrogen-bond donors (Lipinski definition) is 2. The average Bonchev–Trinajstić information content (AvgIpc) is 2.41. The number of halogens is 1. The minimum Gasteiger partial charge on any atom is -0.496 e. The van der Waals surface area contributed by atoms with Crippen molar-refractivity contribution < 1.29 is 9.53 Å². The second-order valence-corrected chi connectivity index (χ2v) is 4.79. The molecule has 0 bridgehead atoms. The van der Waals surface area contributed by atoms with E-state index in [1.165, 1.54) is 0 Å². The molecule has 1 aromatic rings. The van der Waals surface area contributed by atoms with E-state index in [0.29, 0.717) is 17.4 Å². The first kappa shape index (κ1) is 15.8. The minimum atomic E-state index is -0.0621. The van der Waals surface area contributed by atoms with Crippen LogP contribution in [0.4, 0.5) is 0 Å². The van der Waals surface area contributed by atoms with Crippen LogP contribution < -0.4 is 15.8 Å². The predicted molar refractivity (Wildman–Crippen MR) is 77.9 cm³/mol. The minimum absolute atomic E-state index is 0. The van der Waals surface area contributed by atoms with Gasteiger partial charge in [0.2, 0.25) is 0 Å². The van der Waals surface area contributed by atoms with E-state index in [2.05, 4.69) is 5.32 Å². The Hall–Kier alpha value is -1.26. The second kappa shape index (κ2) is 7.36. The van der Waals surface area contributed by atoms with Gasteiger partial charge in [0.15, 0.2) is 0 Å². The van der Waals surface area contributed by atoms with Crippen molar-refractivity contribution in [2.75, 3.05) is 7.11 Å². The molecule has 0 aromatic heterocycles. The summed E-state index contributed by atoms with van der Waals surface area (Å²) >= 11 is 0. The Balaban J connectivity index is 0.00000180. The number of benzene rings is 1. The van der Waals surface area contributed by atoms with E-state index in [1.54, 1.807) is 19.2 Å².